The zero-order chi connectivity index (χ0) is 23.4. The van der Waals surface area contributed by atoms with E-state index in [0.29, 0.717) is 10.7 Å². The summed E-state index contributed by atoms with van der Waals surface area (Å²) in [6, 6.07) is 7.48. The Bertz CT molecular complexity index is 1130. The van der Waals surface area contributed by atoms with Crippen molar-refractivity contribution in [3.05, 3.63) is 48.0 Å². The van der Waals surface area contributed by atoms with Crippen LogP contribution in [0.3, 0.4) is 0 Å². The maximum absolute atomic E-state index is 13.8. The molecule has 1 aromatic carbocycles. The van der Waals surface area contributed by atoms with Crippen LogP contribution in [0, 0.1) is 17.2 Å². The van der Waals surface area contributed by atoms with Crippen molar-refractivity contribution < 1.29 is 13.9 Å². The fourth-order valence-corrected chi connectivity index (χ4v) is 6.21. The number of nitrogens with zero attached hydrogens (tertiary/aromatic N) is 2. The summed E-state index contributed by atoms with van der Waals surface area (Å²) in [6.07, 6.45) is 5.35. The number of amidine groups is 1. The van der Waals surface area contributed by atoms with Gasteiger partial charge in [0.2, 0.25) is 5.91 Å². The Morgan fingerprint density at radius 1 is 1.24 bits per heavy atom. The number of pyridine rings is 1. The Hall–Kier alpha value is -2.61. The first-order valence-electron chi connectivity index (χ1n) is 11.4. The van der Waals surface area contributed by atoms with Crippen LogP contribution in [0.1, 0.15) is 45.6 Å². The van der Waals surface area contributed by atoms with Crippen LogP contribution in [-0.2, 0) is 10.3 Å². The molecule has 1 saturated carbocycles. The van der Waals surface area contributed by atoms with Crippen LogP contribution in [0.25, 0.3) is 11.1 Å². The first-order valence-corrected chi connectivity index (χ1v) is 12.4. The van der Waals surface area contributed by atoms with Gasteiger partial charge in [-0.05, 0) is 43.0 Å². The molecule has 1 spiro atoms. The number of rotatable bonds is 2. The van der Waals surface area contributed by atoms with Crippen LogP contribution in [0.2, 0.25) is 0 Å². The predicted molar refractivity (Wildman–Crippen MR) is 129 cm³/mol. The van der Waals surface area contributed by atoms with E-state index in [2.05, 4.69) is 10.3 Å². The zero-order valence-electron chi connectivity index (χ0n) is 19.1. The number of fused-ring (bicyclic) bond motifs is 4. The van der Waals surface area contributed by atoms with Crippen molar-refractivity contribution >= 4 is 22.8 Å². The Morgan fingerprint density at radius 2 is 2.06 bits per heavy atom. The normalized spacial score (nSPS) is 28.5. The highest BCUT2D eigenvalue weighted by Crippen LogP contribution is 2.54. The number of hydrogen-bond acceptors (Lipinski definition) is 6. The van der Waals surface area contributed by atoms with Gasteiger partial charge in [-0.15, -0.1) is 0 Å². The monoisotopic (exact) mass is 468 g/mol. The van der Waals surface area contributed by atoms with Gasteiger partial charge >= 0.3 is 0 Å². The van der Waals surface area contributed by atoms with Gasteiger partial charge in [0.05, 0.1) is 6.20 Å². The van der Waals surface area contributed by atoms with Crippen molar-refractivity contribution in [3.63, 3.8) is 0 Å². The molecule has 8 heteroatoms. The molecule has 0 radical (unpaired) electrons. The Labute approximate surface area is 197 Å². The first kappa shape index (κ1) is 22.2. The van der Waals surface area contributed by atoms with Gasteiger partial charge in [-0.3, -0.25) is 9.78 Å². The van der Waals surface area contributed by atoms with Crippen molar-refractivity contribution in [3.8, 4) is 16.9 Å². The SMILES string of the molecule is CC(C)(C)C(=O)NC1CCC2Oc3ccc(-c4cncc(F)c4)cc3C3(CSC(N)=N3)C2C1. The average Bonchev–Trinajstić information content (AvgIpc) is 3.16. The van der Waals surface area contributed by atoms with Crippen LogP contribution < -0.4 is 15.8 Å². The number of aliphatic imine (C=N–C) groups is 1. The quantitative estimate of drug-likeness (QED) is 0.688. The summed E-state index contributed by atoms with van der Waals surface area (Å²) < 4.78 is 20.3. The lowest BCUT2D eigenvalue weighted by molar-refractivity contribution is -0.130. The molecule has 4 atom stereocenters. The number of hydrogen-bond donors (Lipinski definition) is 2. The Morgan fingerprint density at radius 3 is 2.76 bits per heavy atom. The minimum Gasteiger partial charge on any atom is -0.490 e. The number of aromatic nitrogens is 1. The number of halogens is 1. The van der Waals surface area contributed by atoms with E-state index in [1.54, 1.807) is 18.0 Å². The third kappa shape index (κ3) is 3.98. The predicted octanol–water partition coefficient (Wildman–Crippen LogP) is 4.24. The van der Waals surface area contributed by atoms with Gasteiger partial charge in [0, 0.05) is 40.5 Å². The van der Waals surface area contributed by atoms with Gasteiger partial charge in [-0.1, -0.05) is 38.6 Å². The molecule has 174 valence electrons. The molecule has 2 aromatic rings. The van der Waals surface area contributed by atoms with Crippen LogP contribution in [-0.4, -0.2) is 34.0 Å². The number of nitrogens with one attached hydrogen (secondary N) is 1. The van der Waals surface area contributed by atoms with Crippen LogP contribution in [0.5, 0.6) is 5.75 Å². The molecule has 3 N–H and O–H groups in total. The van der Waals surface area contributed by atoms with Crippen molar-refractivity contribution in [2.75, 3.05) is 5.75 Å². The lowest BCUT2D eigenvalue weighted by Gasteiger charge is -2.49. The summed E-state index contributed by atoms with van der Waals surface area (Å²) in [7, 11) is 0. The van der Waals surface area contributed by atoms with Crippen molar-refractivity contribution in [1.82, 2.24) is 10.3 Å². The lowest BCUT2D eigenvalue weighted by atomic mass is 9.67. The Kier molecular flexibility index (Phi) is 5.39. The Balaban J connectivity index is 1.53. The molecule has 1 aliphatic carbocycles. The molecule has 3 aliphatic rings. The standard InChI is InChI=1S/C25H29FN4O2S/c1-24(2,3)22(31)29-17-5-7-21-19(10-17)25(13-33-23(27)30-25)18-9-14(4-6-20(18)32-21)15-8-16(26)12-28-11-15/h4,6,8-9,11-12,17,19,21H,5,7,10,13H2,1-3H3,(H2,27,30)(H,29,31). The fourth-order valence-electron chi connectivity index (χ4n) is 5.18. The van der Waals surface area contributed by atoms with E-state index in [9.17, 15) is 9.18 Å². The van der Waals surface area contributed by atoms with Crippen LogP contribution in [0.4, 0.5) is 4.39 Å². The van der Waals surface area contributed by atoms with Crippen molar-refractivity contribution in [1.29, 1.82) is 0 Å². The number of carbonyl (C=O) groups is 1. The topological polar surface area (TPSA) is 89.6 Å². The third-order valence-electron chi connectivity index (χ3n) is 6.93. The minimum atomic E-state index is -0.533. The molecule has 5 rings (SSSR count). The second-order valence-corrected chi connectivity index (χ2v) is 11.3. The highest BCUT2D eigenvalue weighted by atomic mass is 32.2. The molecule has 1 fully saturated rings. The number of nitrogens with two attached hydrogens (primary N) is 1. The molecular weight excluding hydrogens is 439 g/mol. The fraction of sp³-hybridized carbons (Fsp3) is 0.480. The van der Waals surface area contributed by atoms with E-state index in [1.165, 1.54) is 12.3 Å². The number of carbonyl (C=O) groups excluding carboxylic acids is 1. The third-order valence-corrected chi connectivity index (χ3v) is 7.90. The summed E-state index contributed by atoms with van der Waals surface area (Å²) in [4.78, 5) is 21.6. The molecule has 1 amide bonds. The van der Waals surface area contributed by atoms with Crippen LogP contribution >= 0.6 is 11.8 Å². The smallest absolute Gasteiger partial charge is 0.225 e. The number of ether oxygens (including phenoxy) is 1. The summed E-state index contributed by atoms with van der Waals surface area (Å²) in [5.41, 5.74) is 7.77. The summed E-state index contributed by atoms with van der Waals surface area (Å²) >= 11 is 1.56. The van der Waals surface area contributed by atoms with E-state index in [-0.39, 0.29) is 29.8 Å². The second kappa shape index (κ2) is 8.01. The summed E-state index contributed by atoms with van der Waals surface area (Å²) in [6.45, 7) is 5.78. The molecule has 1 aromatic heterocycles. The number of benzene rings is 1. The van der Waals surface area contributed by atoms with E-state index in [1.807, 2.05) is 39.0 Å². The molecular formula is C25H29FN4O2S. The van der Waals surface area contributed by atoms with Gasteiger partial charge in [0.25, 0.3) is 0 Å². The van der Waals surface area contributed by atoms with E-state index < -0.39 is 11.0 Å². The largest absolute Gasteiger partial charge is 0.490 e. The van der Waals surface area contributed by atoms with Crippen LogP contribution in [0.15, 0.2) is 41.7 Å². The van der Waals surface area contributed by atoms with Crippen molar-refractivity contribution in [2.24, 2.45) is 22.1 Å². The highest BCUT2D eigenvalue weighted by molar-refractivity contribution is 8.14. The minimum absolute atomic E-state index is 0.0113. The number of amides is 1. The molecule has 33 heavy (non-hydrogen) atoms. The van der Waals surface area contributed by atoms with Gasteiger partial charge in [0.15, 0.2) is 5.17 Å². The summed E-state index contributed by atoms with van der Waals surface area (Å²) in [5.74, 6) is 1.29. The van der Waals surface area contributed by atoms with E-state index in [4.69, 9.17) is 15.5 Å². The average molecular weight is 469 g/mol. The molecule has 0 saturated heterocycles. The van der Waals surface area contributed by atoms with Gasteiger partial charge in [-0.25, -0.2) is 9.38 Å². The van der Waals surface area contributed by atoms with Gasteiger partial charge < -0.3 is 15.8 Å². The molecule has 0 bridgehead atoms. The molecule has 3 heterocycles. The van der Waals surface area contributed by atoms with Gasteiger partial charge in [-0.2, -0.15) is 0 Å². The lowest BCUT2D eigenvalue weighted by Crippen LogP contribution is -2.55. The summed E-state index contributed by atoms with van der Waals surface area (Å²) in [5, 5.41) is 3.82. The molecule has 2 aliphatic heterocycles. The molecule has 6 nitrogen and oxygen atoms in total. The number of thioether (sulfide) groups is 1. The molecule has 4 unspecified atom stereocenters. The maximum atomic E-state index is 13.8. The zero-order valence-corrected chi connectivity index (χ0v) is 19.9. The first-order chi connectivity index (χ1) is 15.7. The van der Waals surface area contributed by atoms with Gasteiger partial charge in [0.1, 0.15) is 23.2 Å². The maximum Gasteiger partial charge on any atom is 0.225 e. The van der Waals surface area contributed by atoms with E-state index >= 15 is 0 Å². The van der Waals surface area contributed by atoms with Crippen molar-refractivity contribution in [2.45, 2.75) is 57.7 Å². The highest BCUT2D eigenvalue weighted by Gasteiger charge is 2.54. The second-order valence-electron chi connectivity index (χ2n) is 10.3. The van der Waals surface area contributed by atoms with E-state index in [0.717, 1.165) is 41.9 Å².